The molecule has 0 atom stereocenters. The number of urea groups is 1. The van der Waals surface area contributed by atoms with Crippen LogP contribution >= 0.6 is 0 Å². The molecule has 0 aliphatic carbocycles. The van der Waals surface area contributed by atoms with E-state index < -0.39 is 0 Å². The molecular weight excluding hydrogens is 330 g/mol. The number of methoxy groups -OCH3 is 1. The summed E-state index contributed by atoms with van der Waals surface area (Å²) in [7, 11) is 1.62. The summed E-state index contributed by atoms with van der Waals surface area (Å²) in [5, 5.41) is 5.59. The highest BCUT2D eigenvalue weighted by atomic mass is 16.5. The van der Waals surface area contributed by atoms with E-state index in [0.29, 0.717) is 13.2 Å². The van der Waals surface area contributed by atoms with Crippen LogP contribution in [0.1, 0.15) is 13.8 Å². The Labute approximate surface area is 155 Å². The first-order chi connectivity index (χ1) is 12.7. The van der Waals surface area contributed by atoms with Crippen molar-refractivity contribution in [2.45, 2.75) is 13.8 Å². The molecule has 6 heteroatoms. The Kier molecular flexibility index (Phi) is 7.61. The van der Waals surface area contributed by atoms with Gasteiger partial charge >= 0.3 is 6.03 Å². The van der Waals surface area contributed by atoms with Crippen LogP contribution in [-0.2, 0) is 0 Å². The molecule has 6 nitrogen and oxygen atoms in total. The van der Waals surface area contributed by atoms with Crippen molar-refractivity contribution in [3.8, 4) is 11.5 Å². The number of hydrogen-bond acceptors (Lipinski definition) is 4. The number of nitrogens with zero attached hydrogens (tertiary/aromatic N) is 1. The first-order valence-electron chi connectivity index (χ1n) is 8.83. The number of benzene rings is 2. The largest absolute Gasteiger partial charge is 0.497 e. The Morgan fingerprint density at radius 2 is 1.58 bits per heavy atom. The molecule has 2 amide bonds. The summed E-state index contributed by atoms with van der Waals surface area (Å²) >= 11 is 0. The van der Waals surface area contributed by atoms with Gasteiger partial charge in [0, 0.05) is 24.5 Å². The second kappa shape index (κ2) is 10.2. The van der Waals surface area contributed by atoms with Crippen molar-refractivity contribution in [1.82, 2.24) is 5.32 Å². The second-order valence-corrected chi connectivity index (χ2v) is 5.62. The van der Waals surface area contributed by atoms with Gasteiger partial charge in [0.2, 0.25) is 0 Å². The average molecular weight is 357 g/mol. The Hall–Kier alpha value is -2.89. The third-order valence-electron chi connectivity index (χ3n) is 3.97. The highest BCUT2D eigenvalue weighted by molar-refractivity contribution is 5.89. The second-order valence-electron chi connectivity index (χ2n) is 5.62. The highest BCUT2D eigenvalue weighted by Gasteiger charge is 2.04. The predicted octanol–water partition coefficient (Wildman–Crippen LogP) is 3.74. The molecule has 2 aromatic rings. The fourth-order valence-electron chi connectivity index (χ4n) is 2.53. The van der Waals surface area contributed by atoms with Crippen molar-refractivity contribution in [2.75, 3.05) is 43.6 Å². The molecule has 0 saturated carbocycles. The van der Waals surface area contributed by atoms with Crippen LogP contribution in [0.4, 0.5) is 16.2 Å². The van der Waals surface area contributed by atoms with E-state index in [-0.39, 0.29) is 6.03 Å². The van der Waals surface area contributed by atoms with Crippen LogP contribution in [0.15, 0.2) is 48.5 Å². The van der Waals surface area contributed by atoms with Crippen LogP contribution in [0.2, 0.25) is 0 Å². The Morgan fingerprint density at radius 1 is 0.962 bits per heavy atom. The molecular formula is C20H27N3O3. The average Bonchev–Trinajstić information content (AvgIpc) is 2.68. The van der Waals surface area contributed by atoms with Crippen molar-refractivity contribution in [1.29, 1.82) is 0 Å². The molecule has 0 unspecified atom stereocenters. The van der Waals surface area contributed by atoms with Gasteiger partial charge in [-0.15, -0.1) is 0 Å². The number of carbonyl (C=O) groups is 1. The smallest absolute Gasteiger partial charge is 0.319 e. The molecule has 0 radical (unpaired) electrons. The third kappa shape index (κ3) is 5.88. The summed E-state index contributed by atoms with van der Waals surface area (Å²) in [5.41, 5.74) is 1.91. The molecule has 0 aliphatic rings. The number of rotatable bonds is 9. The van der Waals surface area contributed by atoms with E-state index in [0.717, 1.165) is 36.0 Å². The minimum absolute atomic E-state index is 0.251. The molecule has 0 bridgehead atoms. The molecule has 0 saturated heterocycles. The lowest BCUT2D eigenvalue weighted by molar-refractivity contribution is 0.247. The molecule has 0 heterocycles. The summed E-state index contributed by atoms with van der Waals surface area (Å²) in [6.45, 7) is 6.96. The van der Waals surface area contributed by atoms with Crippen LogP contribution in [-0.4, -0.2) is 39.4 Å². The Morgan fingerprint density at radius 3 is 2.15 bits per heavy atom. The first-order valence-corrected chi connectivity index (χ1v) is 8.83. The predicted molar refractivity (Wildman–Crippen MR) is 106 cm³/mol. The minimum Gasteiger partial charge on any atom is -0.497 e. The topological polar surface area (TPSA) is 62.8 Å². The molecule has 140 valence electrons. The van der Waals surface area contributed by atoms with Crippen LogP contribution in [0.3, 0.4) is 0 Å². The van der Waals surface area contributed by atoms with Gasteiger partial charge in [-0.1, -0.05) is 0 Å². The van der Waals surface area contributed by atoms with E-state index in [1.54, 1.807) is 7.11 Å². The summed E-state index contributed by atoms with van der Waals surface area (Å²) in [6.07, 6.45) is 0. The number of anilines is 2. The molecule has 2 rings (SSSR count). The zero-order valence-corrected chi connectivity index (χ0v) is 15.6. The van der Waals surface area contributed by atoms with Gasteiger partial charge in [-0.2, -0.15) is 0 Å². The van der Waals surface area contributed by atoms with Crippen molar-refractivity contribution in [2.24, 2.45) is 0 Å². The lowest BCUT2D eigenvalue weighted by Gasteiger charge is -2.21. The van der Waals surface area contributed by atoms with Gasteiger partial charge in [0.1, 0.15) is 18.1 Å². The number of nitrogens with one attached hydrogen (secondary N) is 2. The van der Waals surface area contributed by atoms with E-state index >= 15 is 0 Å². The van der Waals surface area contributed by atoms with Gasteiger partial charge < -0.3 is 25.0 Å². The minimum atomic E-state index is -0.251. The summed E-state index contributed by atoms with van der Waals surface area (Å²) in [4.78, 5) is 14.2. The van der Waals surface area contributed by atoms with Crippen LogP contribution in [0.5, 0.6) is 11.5 Å². The summed E-state index contributed by atoms with van der Waals surface area (Å²) in [5.74, 6) is 1.52. The fraction of sp³-hybridized carbons (Fsp3) is 0.350. The van der Waals surface area contributed by atoms with Crippen LogP contribution in [0.25, 0.3) is 0 Å². The number of hydrogen-bond donors (Lipinski definition) is 2. The molecule has 0 spiro atoms. The van der Waals surface area contributed by atoms with Gasteiger partial charge in [-0.3, -0.25) is 0 Å². The summed E-state index contributed by atoms with van der Waals surface area (Å²) < 4.78 is 10.7. The van der Waals surface area contributed by atoms with E-state index in [1.165, 1.54) is 0 Å². The van der Waals surface area contributed by atoms with Gasteiger partial charge in [0.05, 0.1) is 13.7 Å². The van der Waals surface area contributed by atoms with E-state index in [9.17, 15) is 4.79 Å². The van der Waals surface area contributed by atoms with Crippen LogP contribution < -0.4 is 25.0 Å². The Bertz CT molecular complexity index is 668. The standard InChI is InChI=1S/C20H27N3O3/c1-4-23(5-2)17-8-6-16(7-9-17)22-20(24)21-14-15-26-19-12-10-18(25-3)11-13-19/h6-13H,4-5,14-15H2,1-3H3,(H2,21,22,24). The van der Waals surface area contributed by atoms with E-state index in [2.05, 4.69) is 29.4 Å². The molecule has 2 aromatic carbocycles. The van der Waals surface area contributed by atoms with E-state index in [1.807, 2.05) is 48.5 Å². The lowest BCUT2D eigenvalue weighted by atomic mass is 10.2. The fourth-order valence-corrected chi connectivity index (χ4v) is 2.53. The Balaban J connectivity index is 1.71. The maximum absolute atomic E-state index is 11.9. The van der Waals surface area contributed by atoms with Crippen molar-refractivity contribution < 1.29 is 14.3 Å². The maximum atomic E-state index is 11.9. The monoisotopic (exact) mass is 357 g/mol. The van der Waals surface area contributed by atoms with Crippen molar-refractivity contribution in [3.05, 3.63) is 48.5 Å². The van der Waals surface area contributed by atoms with Gasteiger partial charge in [-0.25, -0.2) is 4.79 Å². The van der Waals surface area contributed by atoms with Crippen molar-refractivity contribution >= 4 is 17.4 Å². The molecule has 0 aromatic heterocycles. The molecule has 26 heavy (non-hydrogen) atoms. The zero-order valence-electron chi connectivity index (χ0n) is 15.6. The van der Waals surface area contributed by atoms with Gasteiger partial charge in [-0.05, 0) is 62.4 Å². The SMILES string of the molecule is CCN(CC)c1ccc(NC(=O)NCCOc2ccc(OC)cc2)cc1. The zero-order chi connectivity index (χ0) is 18.8. The number of amides is 2. The van der Waals surface area contributed by atoms with Gasteiger partial charge in [0.25, 0.3) is 0 Å². The summed E-state index contributed by atoms with van der Waals surface area (Å²) in [6, 6.07) is 14.9. The molecule has 0 aliphatic heterocycles. The quantitative estimate of drug-likeness (QED) is 0.671. The maximum Gasteiger partial charge on any atom is 0.319 e. The number of ether oxygens (including phenoxy) is 2. The van der Waals surface area contributed by atoms with Crippen molar-refractivity contribution in [3.63, 3.8) is 0 Å². The third-order valence-corrected chi connectivity index (χ3v) is 3.97. The lowest BCUT2D eigenvalue weighted by Crippen LogP contribution is -2.32. The molecule has 2 N–H and O–H groups in total. The van der Waals surface area contributed by atoms with Crippen LogP contribution in [0, 0.1) is 0 Å². The highest BCUT2D eigenvalue weighted by Crippen LogP contribution is 2.18. The number of carbonyl (C=O) groups excluding carboxylic acids is 1. The first kappa shape index (κ1) is 19.4. The van der Waals surface area contributed by atoms with E-state index in [4.69, 9.17) is 9.47 Å². The molecule has 0 fully saturated rings. The normalized spacial score (nSPS) is 10.1. The van der Waals surface area contributed by atoms with Gasteiger partial charge in [0.15, 0.2) is 0 Å².